The lowest BCUT2D eigenvalue weighted by molar-refractivity contribution is 0.464. The molecule has 11 aromatic carbocycles. The Balaban J connectivity index is 1.07. The van der Waals surface area contributed by atoms with Crippen molar-refractivity contribution in [1.82, 2.24) is 0 Å². The fourth-order valence-corrected chi connectivity index (χ4v) is 16.7. The van der Waals surface area contributed by atoms with Crippen LogP contribution in [-0.2, 0) is 0 Å². The molecule has 3 nitrogen and oxygen atoms in total. The van der Waals surface area contributed by atoms with Crippen molar-refractivity contribution in [2.75, 3.05) is 4.90 Å². The molecule has 0 saturated carbocycles. The van der Waals surface area contributed by atoms with E-state index in [1.807, 2.05) is 6.07 Å². The van der Waals surface area contributed by atoms with Crippen LogP contribution in [-0.4, -0.2) is 14.8 Å². The van der Waals surface area contributed by atoms with Crippen LogP contribution in [0, 0.1) is 0 Å². The molecule has 3 aliphatic rings. The van der Waals surface area contributed by atoms with Crippen molar-refractivity contribution in [1.29, 1.82) is 0 Å². The van der Waals surface area contributed by atoms with Crippen LogP contribution in [0.15, 0.2) is 231 Å². The monoisotopic (exact) mass is 843 g/mol. The summed E-state index contributed by atoms with van der Waals surface area (Å²) in [4.78, 5) is 2.54. The predicted octanol–water partition coefficient (Wildman–Crippen LogP) is 10.7. The van der Waals surface area contributed by atoms with Crippen molar-refractivity contribution in [2.24, 2.45) is 0 Å². The maximum atomic E-state index is 6.90. The molecule has 3 aliphatic heterocycles. The first-order chi connectivity index (χ1) is 32.3. The predicted molar refractivity (Wildman–Crippen MR) is 274 cm³/mol. The van der Waals surface area contributed by atoms with Gasteiger partial charge in [0.1, 0.15) is 23.0 Å². The Labute approximate surface area is 378 Å². The highest BCUT2D eigenvalue weighted by molar-refractivity contribution is 7.21. The second-order valence-corrected chi connectivity index (χ2v) is 21.2. The maximum Gasteiger partial charge on any atom is 0.263 e. The van der Waals surface area contributed by atoms with Gasteiger partial charge in [0.15, 0.2) is 8.07 Å². The summed E-state index contributed by atoms with van der Waals surface area (Å²) in [5.41, 5.74) is 9.19. The highest BCUT2D eigenvalue weighted by atomic mass is 28.3. The number of rotatable bonds is 4. The first-order valence-corrected chi connectivity index (χ1v) is 24.4. The third-order valence-corrected chi connectivity index (χ3v) is 19.1. The minimum absolute atomic E-state index is 0.100. The van der Waals surface area contributed by atoms with Crippen LogP contribution in [0.1, 0.15) is 0 Å². The Hall–Kier alpha value is -8.12. The van der Waals surface area contributed by atoms with E-state index >= 15 is 0 Å². The van der Waals surface area contributed by atoms with Crippen LogP contribution >= 0.6 is 0 Å². The fraction of sp³-hybridized carbons (Fsp3) is 0. The van der Waals surface area contributed by atoms with Gasteiger partial charge < -0.3 is 14.4 Å². The molecule has 3 heterocycles. The molecule has 0 radical (unpaired) electrons. The van der Waals surface area contributed by atoms with E-state index < -0.39 is 8.07 Å². The number of ether oxygens (including phenoxy) is 2. The molecule has 5 heteroatoms. The van der Waals surface area contributed by atoms with Gasteiger partial charge in [0, 0.05) is 22.5 Å². The first kappa shape index (κ1) is 36.4. The summed E-state index contributed by atoms with van der Waals surface area (Å²) in [6.45, 7) is -0.100. The molecule has 0 aromatic heterocycles. The van der Waals surface area contributed by atoms with Gasteiger partial charge in [-0.25, -0.2) is 0 Å². The highest BCUT2D eigenvalue weighted by Crippen LogP contribution is 2.44. The molecular weight excluding hydrogens is 806 g/mol. The van der Waals surface area contributed by atoms with Crippen molar-refractivity contribution in [3.8, 4) is 34.1 Å². The first-order valence-electron chi connectivity index (χ1n) is 22.4. The molecule has 0 aliphatic carbocycles. The van der Waals surface area contributed by atoms with Crippen molar-refractivity contribution < 1.29 is 9.47 Å². The van der Waals surface area contributed by atoms with E-state index in [4.69, 9.17) is 9.47 Å². The Morgan fingerprint density at radius 2 is 0.800 bits per heavy atom. The van der Waals surface area contributed by atoms with Crippen LogP contribution < -0.4 is 51.5 Å². The molecule has 14 rings (SSSR count). The minimum atomic E-state index is -3.02. The van der Waals surface area contributed by atoms with Crippen LogP contribution in [0.4, 0.5) is 17.1 Å². The Morgan fingerprint density at radius 1 is 0.323 bits per heavy atom. The van der Waals surface area contributed by atoms with E-state index in [1.54, 1.807) is 0 Å². The summed E-state index contributed by atoms with van der Waals surface area (Å²) >= 11 is 0. The fourth-order valence-electron chi connectivity index (χ4n) is 11.6. The molecule has 0 atom stereocenters. The molecule has 0 unspecified atom stereocenters. The minimum Gasteiger partial charge on any atom is -0.458 e. The van der Waals surface area contributed by atoms with E-state index in [1.165, 1.54) is 75.6 Å². The lowest BCUT2D eigenvalue weighted by atomic mass is 9.34. The molecule has 0 spiro atoms. The van der Waals surface area contributed by atoms with Crippen LogP contribution in [0.3, 0.4) is 0 Å². The smallest absolute Gasteiger partial charge is 0.263 e. The number of benzene rings is 11. The summed E-state index contributed by atoms with van der Waals surface area (Å²) in [5.74, 6) is 3.42. The summed E-state index contributed by atoms with van der Waals surface area (Å²) in [5, 5.41) is 13.1. The largest absolute Gasteiger partial charge is 0.458 e. The SMILES string of the molecule is c1ccc([Si]2(c3ccccc3)c3ccccc3N(c3cccc4c3B3c5ccccc5Oc5cccc(c53)O4)c3ccc(-c4ccc5c6ccccc6c6ccccc6c5c4)cc32)cc1. The lowest BCUT2D eigenvalue weighted by Gasteiger charge is -2.46. The quantitative estimate of drug-likeness (QED) is 0.130. The Bertz CT molecular complexity index is 3670. The van der Waals surface area contributed by atoms with Crippen molar-refractivity contribution in [3.05, 3.63) is 231 Å². The zero-order valence-electron chi connectivity index (χ0n) is 35.3. The van der Waals surface area contributed by atoms with Gasteiger partial charge in [-0.1, -0.05) is 182 Å². The highest BCUT2D eigenvalue weighted by Gasteiger charge is 2.50. The summed E-state index contributed by atoms with van der Waals surface area (Å²) in [6, 6.07) is 85.1. The van der Waals surface area contributed by atoms with Crippen LogP contribution in [0.2, 0.25) is 0 Å². The second-order valence-electron chi connectivity index (χ2n) is 17.4. The second kappa shape index (κ2) is 13.9. The average Bonchev–Trinajstić information content (AvgIpc) is 3.38. The average molecular weight is 844 g/mol. The van der Waals surface area contributed by atoms with Gasteiger partial charge in [0.25, 0.3) is 6.71 Å². The van der Waals surface area contributed by atoms with Crippen LogP contribution in [0.5, 0.6) is 23.0 Å². The molecule has 0 saturated heterocycles. The zero-order valence-corrected chi connectivity index (χ0v) is 36.3. The molecule has 302 valence electrons. The number of nitrogens with zero attached hydrogens (tertiary/aromatic N) is 1. The molecule has 0 N–H and O–H groups in total. The summed E-state index contributed by atoms with van der Waals surface area (Å²) in [6.07, 6.45) is 0. The Kier molecular flexibility index (Phi) is 7.80. The molecular formula is C60H38BNO2Si. The number of anilines is 3. The third-order valence-electron chi connectivity index (χ3n) is 14.2. The van der Waals surface area contributed by atoms with Crippen molar-refractivity contribution in [3.63, 3.8) is 0 Å². The standard InChI is InChI=1S/C60H38BNO2Si/c1-3-17-41(18-4-1)65(42-19-5-2-6-20-42)57-32-14-12-26-50(57)62(52-27-15-29-54-59(52)61-49-25-11-13-28-53(49)63-55-30-16-31-56(64-54)60(55)61)51-36-34-40(38-58(51)65)39-33-35-47-45-23-8-7-21-43(45)44-22-9-10-24-46(44)48(47)37-39/h1-38H. The summed E-state index contributed by atoms with van der Waals surface area (Å²) < 4.78 is 13.5. The van der Waals surface area contributed by atoms with Gasteiger partial charge in [0.05, 0.1) is 0 Å². The van der Waals surface area contributed by atoms with Crippen molar-refractivity contribution in [2.45, 2.75) is 0 Å². The molecule has 65 heavy (non-hydrogen) atoms. The summed E-state index contributed by atoms with van der Waals surface area (Å²) in [7, 11) is -3.02. The lowest BCUT2D eigenvalue weighted by Crippen LogP contribution is -2.77. The zero-order chi connectivity index (χ0) is 42.6. The maximum absolute atomic E-state index is 6.90. The van der Waals surface area contributed by atoms with Gasteiger partial charge in [-0.05, 0) is 124 Å². The van der Waals surface area contributed by atoms with Crippen LogP contribution in [0.25, 0.3) is 43.4 Å². The van der Waals surface area contributed by atoms with Gasteiger partial charge in [0.2, 0.25) is 0 Å². The van der Waals surface area contributed by atoms with Gasteiger partial charge >= 0.3 is 0 Å². The molecule has 0 bridgehead atoms. The third kappa shape index (κ3) is 5.13. The molecule has 0 amide bonds. The van der Waals surface area contributed by atoms with Gasteiger partial charge in [-0.3, -0.25) is 0 Å². The van der Waals surface area contributed by atoms with E-state index in [0.29, 0.717) is 0 Å². The van der Waals surface area contributed by atoms with E-state index in [9.17, 15) is 0 Å². The Morgan fingerprint density at radius 3 is 1.51 bits per heavy atom. The molecule has 0 fully saturated rings. The number of para-hydroxylation sites is 2. The van der Waals surface area contributed by atoms with Gasteiger partial charge in [-0.15, -0.1) is 0 Å². The number of fused-ring (bicyclic) bond motifs is 12. The normalized spacial score (nSPS) is 13.8. The molecule has 11 aromatic rings. The van der Waals surface area contributed by atoms with E-state index in [-0.39, 0.29) is 6.71 Å². The number of hydrogen-bond donors (Lipinski definition) is 0. The van der Waals surface area contributed by atoms with E-state index in [0.717, 1.165) is 45.1 Å². The topological polar surface area (TPSA) is 21.7 Å². The van der Waals surface area contributed by atoms with E-state index in [2.05, 4.69) is 229 Å². The van der Waals surface area contributed by atoms with Gasteiger partial charge in [-0.2, -0.15) is 0 Å². The number of hydrogen-bond acceptors (Lipinski definition) is 3. The van der Waals surface area contributed by atoms with Crippen molar-refractivity contribution >= 4 is 101 Å².